The standard InChI is InChI=1S/C7H10N2/c1-3-4-5-7(6-8)9-2/h1,7,9H,4-5H2,2H3. The molecule has 0 aliphatic rings. The Kier molecular flexibility index (Phi) is 4.59. The Balaban J connectivity index is 3.37. The van der Waals surface area contributed by atoms with Gasteiger partial charge in [0.15, 0.2) is 0 Å². The van der Waals surface area contributed by atoms with Crippen LogP contribution in [-0.4, -0.2) is 13.1 Å². The summed E-state index contributed by atoms with van der Waals surface area (Å²) in [7, 11) is 1.75. The van der Waals surface area contributed by atoms with Crippen molar-refractivity contribution in [3.05, 3.63) is 0 Å². The number of rotatable bonds is 3. The van der Waals surface area contributed by atoms with Crippen molar-refractivity contribution in [1.29, 1.82) is 5.26 Å². The first-order valence-corrected chi connectivity index (χ1v) is 2.85. The molecule has 0 amide bonds. The summed E-state index contributed by atoms with van der Waals surface area (Å²) in [5.41, 5.74) is 0. The normalized spacial score (nSPS) is 11.4. The number of terminal acetylenes is 1. The second kappa shape index (κ2) is 5.15. The fourth-order valence-corrected chi connectivity index (χ4v) is 0.501. The summed E-state index contributed by atoms with van der Waals surface area (Å²) in [6.45, 7) is 0. The Bertz CT molecular complexity index is 138. The van der Waals surface area contributed by atoms with Crippen LogP contribution in [0.25, 0.3) is 0 Å². The minimum Gasteiger partial charge on any atom is -0.305 e. The van der Waals surface area contributed by atoms with Crippen LogP contribution in [0.15, 0.2) is 0 Å². The van der Waals surface area contributed by atoms with Crippen molar-refractivity contribution < 1.29 is 0 Å². The van der Waals surface area contributed by atoms with Gasteiger partial charge in [-0.2, -0.15) is 5.26 Å². The number of hydrogen-bond donors (Lipinski definition) is 1. The van der Waals surface area contributed by atoms with Crippen LogP contribution in [0.4, 0.5) is 0 Å². The van der Waals surface area contributed by atoms with E-state index in [1.54, 1.807) is 7.05 Å². The molecule has 1 atom stereocenters. The molecule has 2 heteroatoms. The van der Waals surface area contributed by atoms with Crippen LogP contribution in [0.3, 0.4) is 0 Å². The van der Waals surface area contributed by atoms with E-state index in [1.165, 1.54) is 0 Å². The van der Waals surface area contributed by atoms with E-state index in [0.29, 0.717) is 6.42 Å². The Labute approximate surface area is 55.9 Å². The zero-order chi connectivity index (χ0) is 7.11. The van der Waals surface area contributed by atoms with Gasteiger partial charge in [-0.1, -0.05) is 0 Å². The molecule has 0 aromatic rings. The van der Waals surface area contributed by atoms with E-state index in [1.807, 2.05) is 0 Å². The van der Waals surface area contributed by atoms with Crippen molar-refractivity contribution in [1.82, 2.24) is 5.32 Å². The zero-order valence-electron chi connectivity index (χ0n) is 5.52. The molecular formula is C7H10N2. The van der Waals surface area contributed by atoms with Gasteiger partial charge in [0.05, 0.1) is 12.1 Å². The highest BCUT2D eigenvalue weighted by molar-refractivity contribution is 4.93. The molecule has 0 aliphatic heterocycles. The van der Waals surface area contributed by atoms with Gasteiger partial charge in [-0.05, 0) is 13.5 Å². The predicted molar refractivity (Wildman–Crippen MR) is 36.5 cm³/mol. The van der Waals surface area contributed by atoms with E-state index >= 15 is 0 Å². The van der Waals surface area contributed by atoms with Gasteiger partial charge in [0.2, 0.25) is 0 Å². The maximum atomic E-state index is 8.37. The summed E-state index contributed by atoms with van der Waals surface area (Å²) in [4.78, 5) is 0. The quantitative estimate of drug-likeness (QED) is 0.554. The molecular weight excluding hydrogens is 112 g/mol. The van der Waals surface area contributed by atoms with Crippen molar-refractivity contribution in [3.8, 4) is 18.4 Å². The first-order chi connectivity index (χ1) is 4.35. The minimum atomic E-state index is -0.0824. The molecule has 0 bridgehead atoms. The average Bonchev–Trinajstić information content (AvgIpc) is 1.91. The average molecular weight is 122 g/mol. The number of nitrogens with zero attached hydrogens (tertiary/aromatic N) is 1. The number of nitriles is 1. The second-order valence-corrected chi connectivity index (χ2v) is 1.71. The van der Waals surface area contributed by atoms with Crippen LogP contribution in [-0.2, 0) is 0 Å². The molecule has 0 aromatic heterocycles. The molecule has 0 radical (unpaired) electrons. The molecule has 0 heterocycles. The minimum absolute atomic E-state index is 0.0824. The molecule has 48 valence electrons. The molecule has 0 saturated heterocycles. The van der Waals surface area contributed by atoms with Crippen LogP contribution < -0.4 is 5.32 Å². The van der Waals surface area contributed by atoms with Crippen LogP contribution in [0, 0.1) is 23.7 Å². The van der Waals surface area contributed by atoms with E-state index in [-0.39, 0.29) is 6.04 Å². The van der Waals surface area contributed by atoms with E-state index < -0.39 is 0 Å². The molecule has 9 heavy (non-hydrogen) atoms. The first-order valence-electron chi connectivity index (χ1n) is 2.85. The summed E-state index contributed by atoms with van der Waals surface area (Å²) >= 11 is 0. The summed E-state index contributed by atoms with van der Waals surface area (Å²) in [6.07, 6.45) is 6.40. The highest BCUT2D eigenvalue weighted by Gasteiger charge is 1.99. The highest BCUT2D eigenvalue weighted by atomic mass is 14.9. The molecule has 0 rings (SSSR count). The maximum Gasteiger partial charge on any atom is 0.0959 e. The van der Waals surface area contributed by atoms with Crippen LogP contribution >= 0.6 is 0 Å². The monoisotopic (exact) mass is 122 g/mol. The van der Waals surface area contributed by atoms with E-state index in [9.17, 15) is 0 Å². The molecule has 0 saturated carbocycles. The lowest BCUT2D eigenvalue weighted by atomic mass is 10.2. The Morgan fingerprint density at radius 1 is 1.78 bits per heavy atom. The van der Waals surface area contributed by atoms with Gasteiger partial charge in [0, 0.05) is 6.42 Å². The van der Waals surface area contributed by atoms with Gasteiger partial charge >= 0.3 is 0 Å². The maximum absolute atomic E-state index is 8.37. The topological polar surface area (TPSA) is 35.8 Å². The third-order valence-corrected chi connectivity index (χ3v) is 1.08. The number of nitrogens with one attached hydrogen (secondary N) is 1. The third-order valence-electron chi connectivity index (χ3n) is 1.08. The van der Waals surface area contributed by atoms with Gasteiger partial charge < -0.3 is 5.32 Å². The van der Waals surface area contributed by atoms with Gasteiger partial charge in [-0.15, -0.1) is 12.3 Å². The summed E-state index contributed by atoms with van der Waals surface area (Å²) in [5, 5.41) is 11.2. The second-order valence-electron chi connectivity index (χ2n) is 1.71. The number of hydrogen-bond acceptors (Lipinski definition) is 2. The van der Waals surface area contributed by atoms with Crippen molar-refractivity contribution >= 4 is 0 Å². The molecule has 1 unspecified atom stereocenters. The van der Waals surface area contributed by atoms with Crippen molar-refractivity contribution in [2.24, 2.45) is 0 Å². The SMILES string of the molecule is C#CCCC(C#N)NC. The molecule has 0 spiro atoms. The highest BCUT2D eigenvalue weighted by Crippen LogP contribution is 1.92. The molecule has 0 aromatic carbocycles. The Morgan fingerprint density at radius 2 is 2.44 bits per heavy atom. The van der Waals surface area contributed by atoms with Crippen molar-refractivity contribution in [3.63, 3.8) is 0 Å². The summed E-state index contributed by atoms with van der Waals surface area (Å²) < 4.78 is 0. The van der Waals surface area contributed by atoms with Gasteiger partial charge in [-0.3, -0.25) is 0 Å². The fraction of sp³-hybridized carbons (Fsp3) is 0.571. The van der Waals surface area contributed by atoms with E-state index in [0.717, 1.165) is 6.42 Å². The predicted octanol–water partition coefficient (Wildman–Crippen LogP) is 0.511. The molecule has 0 fully saturated rings. The molecule has 1 N–H and O–H groups in total. The lowest BCUT2D eigenvalue weighted by molar-refractivity contribution is 0.636. The van der Waals surface area contributed by atoms with Crippen molar-refractivity contribution in [2.45, 2.75) is 18.9 Å². The van der Waals surface area contributed by atoms with E-state index in [2.05, 4.69) is 17.3 Å². The summed E-state index contributed by atoms with van der Waals surface area (Å²) in [5.74, 6) is 2.48. The van der Waals surface area contributed by atoms with Crippen LogP contribution in [0.5, 0.6) is 0 Å². The summed E-state index contributed by atoms with van der Waals surface area (Å²) in [6, 6.07) is 2.00. The fourth-order valence-electron chi connectivity index (χ4n) is 0.501. The smallest absolute Gasteiger partial charge is 0.0959 e. The zero-order valence-corrected chi connectivity index (χ0v) is 5.52. The van der Waals surface area contributed by atoms with Gasteiger partial charge in [-0.25, -0.2) is 0 Å². The lowest BCUT2D eigenvalue weighted by Gasteiger charge is -2.01. The largest absolute Gasteiger partial charge is 0.305 e. The van der Waals surface area contributed by atoms with Crippen LogP contribution in [0.1, 0.15) is 12.8 Å². The Hall–Kier alpha value is -0.990. The third kappa shape index (κ3) is 3.58. The van der Waals surface area contributed by atoms with Gasteiger partial charge in [0.1, 0.15) is 0 Å². The van der Waals surface area contributed by atoms with Crippen LogP contribution in [0.2, 0.25) is 0 Å². The molecule has 0 aliphatic carbocycles. The van der Waals surface area contributed by atoms with E-state index in [4.69, 9.17) is 11.7 Å². The van der Waals surface area contributed by atoms with Gasteiger partial charge in [0.25, 0.3) is 0 Å². The molecule has 2 nitrogen and oxygen atoms in total. The lowest BCUT2D eigenvalue weighted by Crippen LogP contribution is -2.22. The Morgan fingerprint density at radius 3 is 2.78 bits per heavy atom. The van der Waals surface area contributed by atoms with Crippen molar-refractivity contribution in [2.75, 3.05) is 7.05 Å². The first kappa shape index (κ1) is 8.01.